The summed E-state index contributed by atoms with van der Waals surface area (Å²) in [7, 11) is 0. The Kier molecular flexibility index (Phi) is 2.21. The molecule has 3 aromatic rings. The van der Waals surface area contributed by atoms with Crippen LogP contribution in [-0.2, 0) is 0 Å². The fourth-order valence-corrected chi connectivity index (χ4v) is 1.81. The highest BCUT2D eigenvalue weighted by molar-refractivity contribution is 5.87. The first-order valence-corrected chi connectivity index (χ1v) is 5.37. The van der Waals surface area contributed by atoms with Gasteiger partial charge in [0.05, 0.1) is 12.3 Å². The molecule has 86 valence electrons. The second kappa shape index (κ2) is 3.86. The van der Waals surface area contributed by atoms with Crippen molar-refractivity contribution >= 4 is 22.5 Å². The number of rotatable bonds is 1. The molecule has 5 heteroatoms. The average molecular weight is 235 g/mol. The molecule has 0 aliphatic carbocycles. The fraction of sp³-hybridized carbons (Fsp3) is 0. The molecule has 0 saturated carbocycles. The Labute approximate surface area is 103 Å². The molecule has 0 aliphatic heterocycles. The van der Waals surface area contributed by atoms with E-state index in [0.29, 0.717) is 22.5 Å². The number of nitrogen functional groups attached to an aromatic ring is 1. The van der Waals surface area contributed by atoms with Gasteiger partial charge in [-0.15, -0.1) is 0 Å². The maximum absolute atomic E-state index is 6.96. The Hall–Kier alpha value is -2.87. The first kappa shape index (κ1) is 10.3. The van der Waals surface area contributed by atoms with E-state index in [1.54, 1.807) is 10.7 Å². The molecular formula is C13H9N5. The van der Waals surface area contributed by atoms with Crippen LogP contribution in [0.3, 0.4) is 0 Å². The van der Waals surface area contributed by atoms with Crippen molar-refractivity contribution in [2.24, 2.45) is 0 Å². The van der Waals surface area contributed by atoms with Gasteiger partial charge in [-0.2, -0.15) is 5.10 Å². The van der Waals surface area contributed by atoms with Gasteiger partial charge in [0.15, 0.2) is 5.82 Å². The van der Waals surface area contributed by atoms with Gasteiger partial charge in [0, 0.05) is 6.20 Å². The van der Waals surface area contributed by atoms with E-state index in [1.807, 2.05) is 30.3 Å². The first-order valence-electron chi connectivity index (χ1n) is 5.37. The minimum atomic E-state index is 0.459. The highest BCUT2D eigenvalue weighted by Gasteiger charge is 2.11. The number of hydrogen-bond acceptors (Lipinski definition) is 3. The molecule has 0 atom stereocenters. The summed E-state index contributed by atoms with van der Waals surface area (Å²) in [6, 6.07) is 11.3. The molecular weight excluding hydrogens is 226 g/mol. The molecule has 2 N–H and O–H groups in total. The molecule has 0 fully saturated rings. The summed E-state index contributed by atoms with van der Waals surface area (Å²) in [6.45, 7) is 6.96. The van der Waals surface area contributed by atoms with Gasteiger partial charge in [-0.25, -0.2) is 9.53 Å². The van der Waals surface area contributed by atoms with Gasteiger partial charge < -0.3 is 5.73 Å². The van der Waals surface area contributed by atoms with Gasteiger partial charge in [-0.3, -0.25) is 4.98 Å². The smallest absolute Gasteiger partial charge is 0.207 e. The van der Waals surface area contributed by atoms with Crippen molar-refractivity contribution in [3.8, 4) is 5.69 Å². The van der Waals surface area contributed by atoms with Gasteiger partial charge in [0.25, 0.3) is 0 Å². The van der Waals surface area contributed by atoms with Gasteiger partial charge in [-0.05, 0) is 18.2 Å². The van der Waals surface area contributed by atoms with Crippen molar-refractivity contribution in [1.29, 1.82) is 0 Å². The Balaban J connectivity index is 2.27. The number of benzene rings is 1. The first-order chi connectivity index (χ1) is 8.79. The zero-order valence-electron chi connectivity index (χ0n) is 9.41. The molecule has 0 aliphatic rings. The SMILES string of the molecule is [C-]#[N+]c1cnc2c(N)n(-c3ccccc3)nc2c1. The third kappa shape index (κ3) is 1.48. The summed E-state index contributed by atoms with van der Waals surface area (Å²) in [5, 5.41) is 4.38. The number of nitrogens with zero attached hydrogens (tertiary/aromatic N) is 4. The average Bonchev–Trinajstić information content (AvgIpc) is 2.76. The van der Waals surface area contributed by atoms with E-state index in [4.69, 9.17) is 12.3 Å². The van der Waals surface area contributed by atoms with Crippen molar-refractivity contribution in [2.75, 3.05) is 5.73 Å². The summed E-state index contributed by atoms with van der Waals surface area (Å²) in [5.74, 6) is 0.479. The maximum atomic E-state index is 6.96. The second-order valence-corrected chi connectivity index (χ2v) is 3.81. The summed E-state index contributed by atoms with van der Waals surface area (Å²) < 4.78 is 1.63. The monoisotopic (exact) mass is 235 g/mol. The molecule has 0 unspecified atom stereocenters. The van der Waals surface area contributed by atoms with Gasteiger partial charge >= 0.3 is 0 Å². The van der Waals surface area contributed by atoms with Crippen LogP contribution in [0.15, 0.2) is 42.6 Å². The van der Waals surface area contributed by atoms with E-state index in [-0.39, 0.29) is 0 Å². The lowest BCUT2D eigenvalue weighted by Crippen LogP contribution is -2.01. The summed E-state index contributed by atoms with van der Waals surface area (Å²) >= 11 is 0. The number of aromatic nitrogens is 3. The van der Waals surface area contributed by atoms with Crippen LogP contribution in [0.4, 0.5) is 11.5 Å². The standard InChI is InChI=1S/C13H9N5/c1-15-9-7-11-12(16-8-9)13(14)18(17-11)10-5-3-2-4-6-10/h2-8H,14H2. The Bertz CT molecular complexity index is 752. The van der Waals surface area contributed by atoms with Crippen LogP contribution in [0.2, 0.25) is 0 Å². The van der Waals surface area contributed by atoms with E-state index >= 15 is 0 Å². The fourth-order valence-electron chi connectivity index (χ4n) is 1.81. The van der Waals surface area contributed by atoms with E-state index in [2.05, 4.69) is 14.9 Å². The molecule has 0 spiro atoms. The van der Waals surface area contributed by atoms with E-state index < -0.39 is 0 Å². The summed E-state index contributed by atoms with van der Waals surface area (Å²) in [5.41, 5.74) is 8.60. The van der Waals surface area contributed by atoms with Crippen molar-refractivity contribution in [2.45, 2.75) is 0 Å². The Morgan fingerprint density at radius 1 is 1.22 bits per heavy atom. The second-order valence-electron chi connectivity index (χ2n) is 3.81. The van der Waals surface area contributed by atoms with E-state index in [0.717, 1.165) is 5.69 Å². The van der Waals surface area contributed by atoms with Crippen LogP contribution in [0.1, 0.15) is 0 Å². The highest BCUT2D eigenvalue weighted by Crippen LogP contribution is 2.24. The van der Waals surface area contributed by atoms with Crippen molar-refractivity contribution in [3.63, 3.8) is 0 Å². The highest BCUT2D eigenvalue weighted by atomic mass is 15.3. The topological polar surface area (TPSA) is 61.1 Å². The molecule has 0 saturated heterocycles. The molecule has 18 heavy (non-hydrogen) atoms. The lowest BCUT2D eigenvalue weighted by Gasteiger charge is -2.01. The molecule has 5 nitrogen and oxygen atoms in total. The largest absolute Gasteiger partial charge is 0.382 e. The number of nitrogens with two attached hydrogens (primary N) is 1. The Morgan fingerprint density at radius 2 is 2.00 bits per heavy atom. The molecule has 2 heterocycles. The molecule has 0 radical (unpaired) electrons. The predicted octanol–water partition coefficient (Wildman–Crippen LogP) is 2.55. The van der Waals surface area contributed by atoms with Crippen molar-refractivity contribution in [3.05, 3.63) is 54.0 Å². The number of pyridine rings is 1. The van der Waals surface area contributed by atoms with Crippen LogP contribution in [0, 0.1) is 6.57 Å². The van der Waals surface area contributed by atoms with Crippen molar-refractivity contribution in [1.82, 2.24) is 14.8 Å². The van der Waals surface area contributed by atoms with E-state index in [1.165, 1.54) is 6.20 Å². The quantitative estimate of drug-likeness (QED) is 0.659. The lowest BCUT2D eigenvalue weighted by atomic mass is 10.3. The molecule has 1 aromatic carbocycles. The molecule has 2 aromatic heterocycles. The molecule has 0 amide bonds. The summed E-state index contributed by atoms with van der Waals surface area (Å²) in [6.07, 6.45) is 1.50. The third-order valence-electron chi connectivity index (χ3n) is 2.66. The van der Waals surface area contributed by atoms with Crippen LogP contribution in [0.25, 0.3) is 21.6 Å². The maximum Gasteiger partial charge on any atom is 0.207 e. The minimum absolute atomic E-state index is 0.459. The summed E-state index contributed by atoms with van der Waals surface area (Å²) in [4.78, 5) is 7.51. The van der Waals surface area contributed by atoms with Gasteiger partial charge in [0.1, 0.15) is 11.0 Å². The van der Waals surface area contributed by atoms with E-state index in [9.17, 15) is 0 Å². The zero-order chi connectivity index (χ0) is 12.5. The van der Waals surface area contributed by atoms with Crippen molar-refractivity contribution < 1.29 is 0 Å². The van der Waals surface area contributed by atoms with Crippen LogP contribution in [0.5, 0.6) is 0 Å². The van der Waals surface area contributed by atoms with Crippen LogP contribution >= 0.6 is 0 Å². The van der Waals surface area contributed by atoms with Crippen LogP contribution < -0.4 is 5.73 Å². The van der Waals surface area contributed by atoms with Gasteiger partial charge in [0.2, 0.25) is 5.69 Å². The predicted molar refractivity (Wildman–Crippen MR) is 69.5 cm³/mol. The number of fused-ring (bicyclic) bond motifs is 1. The van der Waals surface area contributed by atoms with Crippen LogP contribution in [-0.4, -0.2) is 14.8 Å². The number of anilines is 1. The third-order valence-corrected chi connectivity index (χ3v) is 2.66. The number of para-hydroxylation sites is 1. The van der Waals surface area contributed by atoms with Gasteiger partial charge in [-0.1, -0.05) is 18.2 Å². The lowest BCUT2D eigenvalue weighted by molar-refractivity contribution is 0.907. The molecule has 0 bridgehead atoms. The minimum Gasteiger partial charge on any atom is -0.382 e. The Morgan fingerprint density at radius 3 is 2.72 bits per heavy atom. The zero-order valence-corrected chi connectivity index (χ0v) is 9.41. The molecule has 3 rings (SSSR count). The number of hydrogen-bond donors (Lipinski definition) is 1. The normalized spacial score (nSPS) is 10.4.